The molecule has 0 spiro atoms. The summed E-state index contributed by atoms with van der Waals surface area (Å²) in [6, 6.07) is 5.75. The summed E-state index contributed by atoms with van der Waals surface area (Å²) in [6.45, 7) is 2.83. The van der Waals surface area contributed by atoms with Gasteiger partial charge < -0.3 is 15.0 Å². The van der Waals surface area contributed by atoms with Gasteiger partial charge in [0.2, 0.25) is 5.95 Å². The van der Waals surface area contributed by atoms with Crippen LogP contribution in [0.15, 0.2) is 18.2 Å². The number of benzene rings is 1. The summed E-state index contributed by atoms with van der Waals surface area (Å²) < 4.78 is 7.21. The third kappa shape index (κ3) is 1.11. The van der Waals surface area contributed by atoms with Gasteiger partial charge in [0.25, 0.3) is 0 Å². The summed E-state index contributed by atoms with van der Waals surface area (Å²) >= 11 is 0. The summed E-state index contributed by atoms with van der Waals surface area (Å²) in [7, 11) is 1.65. The van der Waals surface area contributed by atoms with E-state index in [1.54, 1.807) is 7.11 Å². The number of aromatic nitrogens is 2. The van der Waals surface area contributed by atoms with Crippen LogP contribution < -0.4 is 10.5 Å². The molecule has 4 nitrogen and oxygen atoms in total. The van der Waals surface area contributed by atoms with Crippen molar-refractivity contribution in [3.63, 3.8) is 0 Å². The first-order valence-corrected chi connectivity index (χ1v) is 4.56. The highest BCUT2D eigenvalue weighted by Crippen LogP contribution is 2.27. The van der Waals surface area contributed by atoms with Crippen LogP contribution >= 0.6 is 0 Å². The van der Waals surface area contributed by atoms with Gasteiger partial charge in [-0.1, -0.05) is 6.07 Å². The molecule has 74 valence electrons. The van der Waals surface area contributed by atoms with Crippen molar-refractivity contribution in [3.8, 4) is 5.75 Å². The second kappa shape index (κ2) is 3.21. The summed E-state index contributed by atoms with van der Waals surface area (Å²) in [5, 5.41) is 0. The summed E-state index contributed by atoms with van der Waals surface area (Å²) in [4.78, 5) is 4.25. The van der Waals surface area contributed by atoms with Gasteiger partial charge in [-0.25, -0.2) is 4.98 Å². The molecular weight excluding hydrogens is 178 g/mol. The van der Waals surface area contributed by atoms with E-state index in [0.717, 1.165) is 23.3 Å². The van der Waals surface area contributed by atoms with E-state index in [9.17, 15) is 0 Å². The number of anilines is 1. The topological polar surface area (TPSA) is 53.1 Å². The highest BCUT2D eigenvalue weighted by atomic mass is 16.5. The van der Waals surface area contributed by atoms with Crippen LogP contribution in [0.5, 0.6) is 5.75 Å². The third-order valence-corrected chi connectivity index (χ3v) is 2.30. The molecule has 0 aliphatic carbocycles. The largest absolute Gasteiger partial charge is 0.494 e. The SMILES string of the molecule is CCn1c(N)nc2cccc(OC)c21. The van der Waals surface area contributed by atoms with Crippen LogP contribution in [0.25, 0.3) is 11.0 Å². The number of hydrogen-bond acceptors (Lipinski definition) is 3. The van der Waals surface area contributed by atoms with Crippen molar-refractivity contribution in [1.82, 2.24) is 9.55 Å². The molecule has 0 unspecified atom stereocenters. The lowest BCUT2D eigenvalue weighted by Gasteiger charge is -2.05. The predicted molar refractivity (Wildman–Crippen MR) is 56.4 cm³/mol. The standard InChI is InChI=1S/C10H13N3O/c1-3-13-9-7(12-10(13)11)5-4-6-8(9)14-2/h4-6H,3H2,1-2H3,(H2,11,12). The molecule has 1 aromatic carbocycles. The van der Waals surface area contributed by atoms with Crippen LogP contribution in [0, 0.1) is 0 Å². The Kier molecular flexibility index (Phi) is 2.04. The Bertz CT molecular complexity index is 462. The maximum atomic E-state index is 5.78. The number of nitrogens with two attached hydrogens (primary N) is 1. The normalized spacial score (nSPS) is 10.7. The summed E-state index contributed by atoms with van der Waals surface area (Å²) in [5.41, 5.74) is 7.63. The Morgan fingerprint density at radius 3 is 2.93 bits per heavy atom. The van der Waals surface area contributed by atoms with Crippen molar-refractivity contribution < 1.29 is 4.74 Å². The van der Waals surface area contributed by atoms with Gasteiger partial charge >= 0.3 is 0 Å². The van der Waals surface area contributed by atoms with E-state index in [1.807, 2.05) is 29.7 Å². The Labute approximate surface area is 82.3 Å². The van der Waals surface area contributed by atoms with E-state index in [0.29, 0.717) is 5.95 Å². The molecule has 2 N–H and O–H groups in total. The van der Waals surface area contributed by atoms with Crippen molar-refractivity contribution in [3.05, 3.63) is 18.2 Å². The van der Waals surface area contributed by atoms with E-state index in [2.05, 4.69) is 4.98 Å². The number of fused-ring (bicyclic) bond motifs is 1. The quantitative estimate of drug-likeness (QED) is 0.785. The minimum atomic E-state index is 0.534. The number of ether oxygens (including phenoxy) is 1. The molecule has 1 aromatic heterocycles. The van der Waals surface area contributed by atoms with Crippen LogP contribution in [-0.2, 0) is 6.54 Å². The molecule has 0 amide bonds. The molecular formula is C10H13N3O. The Hall–Kier alpha value is -1.71. The number of nitrogen functional groups attached to an aromatic ring is 1. The first-order chi connectivity index (χ1) is 6.77. The van der Waals surface area contributed by atoms with E-state index < -0.39 is 0 Å². The highest BCUT2D eigenvalue weighted by molar-refractivity contribution is 5.84. The van der Waals surface area contributed by atoms with Crippen LogP contribution in [0.3, 0.4) is 0 Å². The van der Waals surface area contributed by atoms with Crippen molar-refractivity contribution >= 4 is 17.0 Å². The van der Waals surface area contributed by atoms with Crippen LogP contribution in [-0.4, -0.2) is 16.7 Å². The van der Waals surface area contributed by atoms with Gasteiger partial charge in [-0.05, 0) is 19.1 Å². The number of imidazole rings is 1. The third-order valence-electron chi connectivity index (χ3n) is 2.30. The van der Waals surface area contributed by atoms with E-state index in [-0.39, 0.29) is 0 Å². The summed E-state index contributed by atoms with van der Waals surface area (Å²) in [6.07, 6.45) is 0. The van der Waals surface area contributed by atoms with Crippen molar-refractivity contribution in [2.75, 3.05) is 12.8 Å². The molecule has 0 aliphatic rings. The molecule has 0 radical (unpaired) electrons. The average Bonchev–Trinajstić information content (AvgIpc) is 2.52. The van der Waals surface area contributed by atoms with Gasteiger partial charge in [0.15, 0.2) is 0 Å². The molecule has 0 saturated carbocycles. The first-order valence-electron chi connectivity index (χ1n) is 4.56. The zero-order chi connectivity index (χ0) is 10.1. The Morgan fingerprint density at radius 2 is 2.29 bits per heavy atom. The zero-order valence-electron chi connectivity index (χ0n) is 8.32. The van der Waals surface area contributed by atoms with Crippen molar-refractivity contribution in [2.24, 2.45) is 0 Å². The lowest BCUT2D eigenvalue weighted by atomic mass is 10.3. The van der Waals surface area contributed by atoms with Gasteiger partial charge in [0.1, 0.15) is 11.3 Å². The van der Waals surface area contributed by atoms with E-state index in [1.165, 1.54) is 0 Å². The molecule has 0 saturated heterocycles. The maximum absolute atomic E-state index is 5.78. The molecule has 2 rings (SSSR count). The molecule has 2 aromatic rings. The predicted octanol–water partition coefficient (Wildman–Crippen LogP) is 1.65. The van der Waals surface area contributed by atoms with Gasteiger partial charge in [-0.2, -0.15) is 0 Å². The van der Waals surface area contributed by atoms with Gasteiger partial charge in [0.05, 0.1) is 12.6 Å². The first kappa shape index (κ1) is 8.87. The fourth-order valence-corrected chi connectivity index (χ4v) is 1.66. The minimum absolute atomic E-state index is 0.534. The highest BCUT2D eigenvalue weighted by Gasteiger charge is 2.10. The van der Waals surface area contributed by atoms with E-state index in [4.69, 9.17) is 10.5 Å². The lowest BCUT2D eigenvalue weighted by molar-refractivity contribution is 0.417. The molecule has 4 heteroatoms. The fraction of sp³-hybridized carbons (Fsp3) is 0.300. The van der Waals surface area contributed by atoms with Crippen LogP contribution in [0.4, 0.5) is 5.95 Å². The van der Waals surface area contributed by atoms with E-state index >= 15 is 0 Å². The molecule has 14 heavy (non-hydrogen) atoms. The van der Waals surface area contributed by atoms with Gasteiger partial charge in [-0.3, -0.25) is 0 Å². The average molecular weight is 191 g/mol. The smallest absolute Gasteiger partial charge is 0.201 e. The number of methoxy groups -OCH3 is 1. The second-order valence-electron chi connectivity index (χ2n) is 3.04. The number of aryl methyl sites for hydroxylation is 1. The molecule has 0 fully saturated rings. The second-order valence-corrected chi connectivity index (χ2v) is 3.04. The Morgan fingerprint density at radius 1 is 1.50 bits per heavy atom. The molecule has 0 bridgehead atoms. The monoisotopic (exact) mass is 191 g/mol. The lowest BCUT2D eigenvalue weighted by Crippen LogP contribution is -2.01. The Balaban J connectivity index is 2.82. The van der Waals surface area contributed by atoms with Gasteiger partial charge in [-0.15, -0.1) is 0 Å². The number of rotatable bonds is 2. The molecule has 1 heterocycles. The van der Waals surface area contributed by atoms with Gasteiger partial charge in [0, 0.05) is 6.54 Å². The van der Waals surface area contributed by atoms with Crippen molar-refractivity contribution in [2.45, 2.75) is 13.5 Å². The van der Waals surface area contributed by atoms with Crippen LogP contribution in [0.1, 0.15) is 6.92 Å². The fourth-order valence-electron chi connectivity index (χ4n) is 1.66. The molecule has 0 aliphatic heterocycles. The van der Waals surface area contributed by atoms with Crippen molar-refractivity contribution in [1.29, 1.82) is 0 Å². The molecule has 0 atom stereocenters. The zero-order valence-corrected chi connectivity index (χ0v) is 8.32. The number of nitrogens with zero attached hydrogens (tertiary/aromatic N) is 2. The maximum Gasteiger partial charge on any atom is 0.201 e. The number of para-hydroxylation sites is 1. The number of hydrogen-bond donors (Lipinski definition) is 1. The summed E-state index contributed by atoms with van der Waals surface area (Å²) in [5.74, 6) is 1.35. The van der Waals surface area contributed by atoms with Crippen LogP contribution in [0.2, 0.25) is 0 Å². The minimum Gasteiger partial charge on any atom is -0.494 e.